The number of anilines is 2. The van der Waals surface area contributed by atoms with E-state index in [9.17, 15) is 0 Å². The maximum atomic E-state index is 4.21. The lowest BCUT2D eigenvalue weighted by Gasteiger charge is -2.23. The van der Waals surface area contributed by atoms with Crippen molar-refractivity contribution in [3.63, 3.8) is 0 Å². The van der Waals surface area contributed by atoms with Crippen molar-refractivity contribution >= 4 is 11.4 Å². The first-order valence-corrected chi connectivity index (χ1v) is 6.51. The summed E-state index contributed by atoms with van der Waals surface area (Å²) in [7, 11) is 4.05. The van der Waals surface area contributed by atoms with Gasteiger partial charge in [0.15, 0.2) is 0 Å². The van der Waals surface area contributed by atoms with Gasteiger partial charge in [-0.15, -0.1) is 0 Å². The van der Waals surface area contributed by atoms with E-state index in [1.165, 1.54) is 28.1 Å². The molecule has 0 fully saturated rings. The van der Waals surface area contributed by atoms with Crippen molar-refractivity contribution in [1.29, 1.82) is 0 Å². The first-order chi connectivity index (χ1) is 9.11. The fourth-order valence-corrected chi connectivity index (χ4v) is 2.36. The minimum atomic E-state index is 0.818. The number of aryl methyl sites for hydroxylation is 2. The van der Waals surface area contributed by atoms with Crippen LogP contribution in [-0.2, 0) is 6.54 Å². The number of nitrogens with one attached hydrogen (secondary N) is 1. The van der Waals surface area contributed by atoms with Gasteiger partial charge in [-0.3, -0.25) is 4.98 Å². The molecule has 0 atom stereocenters. The third-order valence-electron chi connectivity index (χ3n) is 3.20. The summed E-state index contributed by atoms with van der Waals surface area (Å²) in [6.07, 6.45) is 3.76. The highest BCUT2D eigenvalue weighted by molar-refractivity contribution is 5.66. The molecule has 0 radical (unpaired) electrons. The summed E-state index contributed by atoms with van der Waals surface area (Å²) in [5.41, 5.74) is 6.17. The molecule has 0 saturated heterocycles. The molecular weight excluding hydrogens is 234 g/mol. The molecule has 0 spiro atoms. The number of hydrogen-bond acceptors (Lipinski definition) is 3. The number of nitrogens with zero attached hydrogens (tertiary/aromatic N) is 2. The van der Waals surface area contributed by atoms with Crippen molar-refractivity contribution in [2.75, 3.05) is 19.0 Å². The topological polar surface area (TPSA) is 28.2 Å². The molecular formula is C16H21N3. The van der Waals surface area contributed by atoms with Crippen molar-refractivity contribution in [3.8, 4) is 0 Å². The fourth-order valence-electron chi connectivity index (χ4n) is 2.36. The number of rotatable bonds is 4. The van der Waals surface area contributed by atoms with Crippen molar-refractivity contribution in [1.82, 2.24) is 10.3 Å². The summed E-state index contributed by atoms with van der Waals surface area (Å²) >= 11 is 0. The largest absolute Gasteiger partial charge is 0.344 e. The quantitative estimate of drug-likeness (QED) is 0.909. The Hall–Kier alpha value is -1.87. The van der Waals surface area contributed by atoms with E-state index in [2.05, 4.69) is 60.4 Å². The zero-order valence-corrected chi connectivity index (χ0v) is 12.1. The normalized spacial score (nSPS) is 10.5. The molecule has 0 aliphatic rings. The first-order valence-electron chi connectivity index (χ1n) is 6.51. The molecule has 19 heavy (non-hydrogen) atoms. The Labute approximate surface area is 115 Å². The van der Waals surface area contributed by atoms with Gasteiger partial charge >= 0.3 is 0 Å². The number of hydrogen-bond donors (Lipinski definition) is 1. The van der Waals surface area contributed by atoms with Crippen LogP contribution in [0.2, 0.25) is 0 Å². The molecule has 1 aromatic carbocycles. The molecule has 3 heteroatoms. The van der Waals surface area contributed by atoms with Crippen LogP contribution in [0, 0.1) is 13.8 Å². The summed E-state index contributed by atoms with van der Waals surface area (Å²) in [5.74, 6) is 0. The van der Waals surface area contributed by atoms with Crippen molar-refractivity contribution in [2.45, 2.75) is 20.4 Å². The molecule has 0 aliphatic carbocycles. The molecule has 100 valence electrons. The lowest BCUT2D eigenvalue weighted by atomic mass is 10.1. The number of aromatic nitrogens is 1. The van der Waals surface area contributed by atoms with E-state index in [0.29, 0.717) is 0 Å². The Balaban J connectivity index is 2.40. The van der Waals surface area contributed by atoms with Crippen LogP contribution in [0.4, 0.5) is 11.4 Å². The molecule has 0 unspecified atom stereocenters. The molecule has 0 amide bonds. The van der Waals surface area contributed by atoms with Gasteiger partial charge in [0.2, 0.25) is 0 Å². The second kappa shape index (κ2) is 5.85. The van der Waals surface area contributed by atoms with Crippen LogP contribution in [0.15, 0.2) is 36.7 Å². The average Bonchev–Trinajstić information content (AvgIpc) is 2.38. The van der Waals surface area contributed by atoms with Crippen molar-refractivity contribution < 1.29 is 0 Å². The highest BCUT2D eigenvalue weighted by atomic mass is 15.1. The van der Waals surface area contributed by atoms with Crippen LogP contribution < -0.4 is 10.2 Å². The maximum Gasteiger partial charge on any atom is 0.0484 e. The first kappa shape index (κ1) is 13.6. The summed E-state index contributed by atoms with van der Waals surface area (Å²) in [5, 5.41) is 3.19. The van der Waals surface area contributed by atoms with Gasteiger partial charge in [-0.05, 0) is 50.2 Å². The Morgan fingerprint density at radius 3 is 2.47 bits per heavy atom. The van der Waals surface area contributed by atoms with Gasteiger partial charge in [-0.2, -0.15) is 0 Å². The Bertz CT molecular complexity index is 543. The van der Waals surface area contributed by atoms with E-state index >= 15 is 0 Å². The minimum Gasteiger partial charge on any atom is -0.344 e. The van der Waals surface area contributed by atoms with Crippen LogP contribution in [0.25, 0.3) is 0 Å². The standard InChI is InChI=1S/C16H21N3/c1-12-7-13(2)9-15(8-12)19(4)16-5-6-18-11-14(16)10-17-3/h5-9,11,17H,10H2,1-4H3. The van der Waals surface area contributed by atoms with Gasteiger partial charge in [0.05, 0.1) is 0 Å². The minimum absolute atomic E-state index is 0.818. The average molecular weight is 255 g/mol. The van der Waals surface area contributed by atoms with Crippen LogP contribution in [0.1, 0.15) is 16.7 Å². The smallest absolute Gasteiger partial charge is 0.0484 e. The summed E-state index contributed by atoms with van der Waals surface area (Å²) in [4.78, 5) is 6.43. The summed E-state index contributed by atoms with van der Waals surface area (Å²) < 4.78 is 0. The second-order valence-corrected chi connectivity index (χ2v) is 4.94. The van der Waals surface area contributed by atoms with E-state index in [1.807, 2.05) is 19.4 Å². The molecule has 1 N–H and O–H groups in total. The van der Waals surface area contributed by atoms with Gasteiger partial charge < -0.3 is 10.2 Å². The van der Waals surface area contributed by atoms with Gasteiger partial charge in [0.25, 0.3) is 0 Å². The van der Waals surface area contributed by atoms with Gasteiger partial charge in [-0.25, -0.2) is 0 Å². The molecule has 2 rings (SSSR count). The lowest BCUT2D eigenvalue weighted by molar-refractivity contribution is 0.811. The van der Waals surface area contributed by atoms with Crippen LogP contribution in [0.5, 0.6) is 0 Å². The highest BCUT2D eigenvalue weighted by Crippen LogP contribution is 2.27. The molecule has 0 bridgehead atoms. The number of pyridine rings is 1. The van der Waals surface area contributed by atoms with E-state index in [1.54, 1.807) is 0 Å². The second-order valence-electron chi connectivity index (χ2n) is 4.94. The Kier molecular flexibility index (Phi) is 4.17. The fraction of sp³-hybridized carbons (Fsp3) is 0.312. The highest BCUT2D eigenvalue weighted by Gasteiger charge is 2.09. The van der Waals surface area contributed by atoms with Crippen LogP contribution in [0.3, 0.4) is 0 Å². The van der Waals surface area contributed by atoms with Crippen molar-refractivity contribution in [3.05, 3.63) is 53.3 Å². The van der Waals surface area contributed by atoms with E-state index < -0.39 is 0 Å². The van der Waals surface area contributed by atoms with E-state index in [-0.39, 0.29) is 0 Å². The lowest BCUT2D eigenvalue weighted by Crippen LogP contribution is -2.15. The molecule has 1 heterocycles. The van der Waals surface area contributed by atoms with Gasteiger partial charge in [0, 0.05) is 42.9 Å². The summed E-state index contributed by atoms with van der Waals surface area (Å²) in [6.45, 7) is 5.08. The zero-order chi connectivity index (χ0) is 13.8. The number of benzene rings is 1. The van der Waals surface area contributed by atoms with Crippen molar-refractivity contribution in [2.24, 2.45) is 0 Å². The van der Waals surface area contributed by atoms with Crippen LogP contribution >= 0.6 is 0 Å². The predicted octanol–water partition coefficient (Wildman–Crippen LogP) is 3.19. The predicted molar refractivity (Wildman–Crippen MR) is 81.0 cm³/mol. The van der Waals surface area contributed by atoms with Gasteiger partial charge in [0.1, 0.15) is 0 Å². The van der Waals surface area contributed by atoms with Crippen LogP contribution in [-0.4, -0.2) is 19.1 Å². The Morgan fingerprint density at radius 1 is 1.16 bits per heavy atom. The molecule has 3 nitrogen and oxygen atoms in total. The third kappa shape index (κ3) is 3.12. The zero-order valence-electron chi connectivity index (χ0n) is 12.1. The molecule has 1 aromatic heterocycles. The Morgan fingerprint density at radius 2 is 1.84 bits per heavy atom. The maximum absolute atomic E-state index is 4.21. The molecule has 0 aliphatic heterocycles. The molecule has 0 saturated carbocycles. The van der Waals surface area contributed by atoms with E-state index in [0.717, 1.165) is 6.54 Å². The monoisotopic (exact) mass is 255 g/mol. The summed E-state index contributed by atoms with van der Waals surface area (Å²) in [6, 6.07) is 8.66. The SMILES string of the molecule is CNCc1cnccc1N(C)c1cc(C)cc(C)c1. The van der Waals surface area contributed by atoms with E-state index in [4.69, 9.17) is 0 Å². The van der Waals surface area contributed by atoms with Gasteiger partial charge in [-0.1, -0.05) is 6.07 Å². The third-order valence-corrected chi connectivity index (χ3v) is 3.20. The molecule has 2 aromatic rings.